The molecule has 0 N–H and O–H groups in total. The molecule has 0 aromatic heterocycles. The number of halogens is 1. The maximum Gasteiger partial charge on any atom is 0.303 e. The Morgan fingerprint density at radius 2 is 1.76 bits per heavy atom. The predicted octanol–water partition coefficient (Wildman–Crippen LogP) is 1.89. The lowest BCUT2D eigenvalue weighted by Gasteiger charge is -2.31. The Kier molecular flexibility index (Phi) is 6.21. The quantitative estimate of drug-likeness (QED) is 0.561. The van der Waals surface area contributed by atoms with E-state index in [0.29, 0.717) is 5.02 Å². The standard InChI is InChI=1S/C16H17ClO7S/c1-10(18)22-9-15-14(23-11(2)19)7-8-16(24-15)25(20,21)13-5-3-12(17)4-6-13/h3-8,14-16H,9H2,1-2H3/t14-,15+,16+/m0/s1. The van der Waals surface area contributed by atoms with Crippen LogP contribution >= 0.6 is 11.6 Å². The van der Waals surface area contributed by atoms with Crippen molar-refractivity contribution in [1.82, 2.24) is 0 Å². The van der Waals surface area contributed by atoms with E-state index in [-0.39, 0.29) is 11.5 Å². The van der Waals surface area contributed by atoms with Gasteiger partial charge in [-0.25, -0.2) is 8.42 Å². The zero-order valence-electron chi connectivity index (χ0n) is 13.5. The van der Waals surface area contributed by atoms with Crippen LogP contribution in [-0.2, 0) is 33.6 Å². The van der Waals surface area contributed by atoms with Crippen LogP contribution in [0.3, 0.4) is 0 Å². The molecule has 3 atom stereocenters. The fourth-order valence-corrected chi connectivity index (χ4v) is 3.69. The summed E-state index contributed by atoms with van der Waals surface area (Å²) >= 11 is 5.77. The summed E-state index contributed by atoms with van der Waals surface area (Å²) in [5.41, 5.74) is -1.30. The van der Waals surface area contributed by atoms with Crippen LogP contribution in [0, 0.1) is 0 Å². The fourth-order valence-electron chi connectivity index (χ4n) is 2.19. The van der Waals surface area contributed by atoms with Crippen LogP contribution in [-0.4, -0.2) is 44.6 Å². The van der Waals surface area contributed by atoms with Crippen LogP contribution in [0.1, 0.15) is 13.8 Å². The second-order valence-corrected chi connectivity index (χ2v) is 7.77. The van der Waals surface area contributed by atoms with Crippen molar-refractivity contribution in [3.05, 3.63) is 41.4 Å². The molecule has 1 aromatic carbocycles. The van der Waals surface area contributed by atoms with Crippen molar-refractivity contribution < 1.29 is 32.2 Å². The molecule has 2 rings (SSSR count). The smallest absolute Gasteiger partial charge is 0.303 e. The number of ether oxygens (including phenoxy) is 3. The van der Waals surface area contributed by atoms with Crippen molar-refractivity contribution in [2.45, 2.75) is 36.4 Å². The molecule has 7 nitrogen and oxygen atoms in total. The maximum atomic E-state index is 12.7. The Balaban J connectivity index is 2.25. The van der Waals surface area contributed by atoms with Crippen LogP contribution < -0.4 is 0 Å². The molecular formula is C16H17ClO7S. The van der Waals surface area contributed by atoms with Gasteiger partial charge in [-0.05, 0) is 36.4 Å². The molecule has 0 unspecified atom stereocenters. The van der Waals surface area contributed by atoms with Gasteiger partial charge < -0.3 is 14.2 Å². The van der Waals surface area contributed by atoms with Crippen LogP contribution in [0.2, 0.25) is 5.02 Å². The third-order valence-electron chi connectivity index (χ3n) is 3.33. The van der Waals surface area contributed by atoms with E-state index in [1.165, 1.54) is 50.3 Å². The molecule has 0 bridgehead atoms. The largest absolute Gasteiger partial charge is 0.463 e. The Morgan fingerprint density at radius 1 is 1.12 bits per heavy atom. The minimum atomic E-state index is -3.85. The third-order valence-corrected chi connectivity index (χ3v) is 5.40. The number of rotatable bonds is 5. The van der Waals surface area contributed by atoms with E-state index in [0.717, 1.165) is 0 Å². The number of carbonyl (C=O) groups is 2. The molecule has 0 amide bonds. The second kappa shape index (κ2) is 7.99. The van der Waals surface area contributed by atoms with Crippen molar-refractivity contribution in [1.29, 1.82) is 0 Å². The maximum absolute atomic E-state index is 12.7. The second-order valence-electron chi connectivity index (χ2n) is 5.30. The van der Waals surface area contributed by atoms with Gasteiger partial charge in [0.25, 0.3) is 0 Å². The SMILES string of the molecule is CC(=O)OC[C@H]1O[C@H](S(=O)(=O)c2ccc(Cl)cc2)C=C[C@@H]1OC(C)=O. The first-order valence-electron chi connectivity index (χ1n) is 7.34. The van der Waals surface area contributed by atoms with Crippen molar-refractivity contribution in [3.63, 3.8) is 0 Å². The van der Waals surface area contributed by atoms with Gasteiger partial charge in [0.15, 0.2) is 5.44 Å². The highest BCUT2D eigenvalue weighted by atomic mass is 35.5. The summed E-state index contributed by atoms with van der Waals surface area (Å²) in [4.78, 5) is 22.2. The summed E-state index contributed by atoms with van der Waals surface area (Å²) in [5, 5.41) is 0.404. The molecule has 0 aliphatic carbocycles. The molecule has 0 fully saturated rings. The van der Waals surface area contributed by atoms with E-state index in [4.69, 9.17) is 25.8 Å². The summed E-state index contributed by atoms with van der Waals surface area (Å²) in [6.07, 6.45) is 0.914. The highest BCUT2D eigenvalue weighted by molar-refractivity contribution is 7.92. The Morgan fingerprint density at radius 3 is 2.32 bits per heavy atom. The van der Waals surface area contributed by atoms with Gasteiger partial charge in [0.1, 0.15) is 18.8 Å². The van der Waals surface area contributed by atoms with Gasteiger partial charge in [-0.15, -0.1) is 0 Å². The van der Waals surface area contributed by atoms with Gasteiger partial charge >= 0.3 is 11.9 Å². The number of hydrogen-bond donors (Lipinski definition) is 0. The fraction of sp³-hybridized carbons (Fsp3) is 0.375. The van der Waals surface area contributed by atoms with E-state index in [2.05, 4.69) is 0 Å². The molecule has 9 heteroatoms. The first kappa shape index (κ1) is 19.4. The number of benzene rings is 1. The lowest BCUT2D eigenvalue weighted by molar-refractivity contribution is -0.160. The molecular weight excluding hydrogens is 372 g/mol. The Bertz CT molecular complexity index is 770. The highest BCUT2D eigenvalue weighted by Gasteiger charge is 2.37. The summed E-state index contributed by atoms with van der Waals surface area (Å²) < 4.78 is 40.8. The predicted molar refractivity (Wildman–Crippen MR) is 88.6 cm³/mol. The summed E-state index contributed by atoms with van der Waals surface area (Å²) in [6, 6.07) is 5.65. The van der Waals surface area contributed by atoms with E-state index in [9.17, 15) is 18.0 Å². The number of carbonyl (C=O) groups excluding carboxylic acids is 2. The zero-order chi connectivity index (χ0) is 18.6. The monoisotopic (exact) mass is 388 g/mol. The van der Waals surface area contributed by atoms with Gasteiger partial charge in [-0.1, -0.05) is 11.6 Å². The van der Waals surface area contributed by atoms with Gasteiger partial charge in [-0.3, -0.25) is 9.59 Å². The van der Waals surface area contributed by atoms with E-state index >= 15 is 0 Å². The molecule has 0 spiro atoms. The van der Waals surface area contributed by atoms with E-state index in [1.807, 2.05) is 0 Å². The van der Waals surface area contributed by atoms with Crippen LogP contribution in [0.4, 0.5) is 0 Å². The van der Waals surface area contributed by atoms with E-state index < -0.39 is 39.4 Å². The van der Waals surface area contributed by atoms with Crippen molar-refractivity contribution in [2.75, 3.05) is 6.61 Å². The lowest BCUT2D eigenvalue weighted by atomic mass is 10.1. The van der Waals surface area contributed by atoms with Gasteiger partial charge in [-0.2, -0.15) is 0 Å². The van der Waals surface area contributed by atoms with Gasteiger partial charge in [0.05, 0.1) is 4.90 Å². The molecule has 25 heavy (non-hydrogen) atoms. The minimum Gasteiger partial charge on any atom is -0.463 e. The molecule has 136 valence electrons. The lowest BCUT2D eigenvalue weighted by Crippen LogP contribution is -2.43. The minimum absolute atomic E-state index is 0.0312. The first-order valence-corrected chi connectivity index (χ1v) is 9.26. The Labute approximate surface area is 150 Å². The topological polar surface area (TPSA) is 96.0 Å². The van der Waals surface area contributed by atoms with Gasteiger partial charge in [0.2, 0.25) is 9.84 Å². The van der Waals surface area contributed by atoms with E-state index in [1.54, 1.807) is 0 Å². The number of hydrogen-bond acceptors (Lipinski definition) is 7. The average molecular weight is 389 g/mol. The molecule has 1 aliphatic heterocycles. The molecule has 0 radical (unpaired) electrons. The van der Waals surface area contributed by atoms with Gasteiger partial charge in [0, 0.05) is 18.9 Å². The molecule has 1 aromatic rings. The molecule has 1 heterocycles. The third kappa shape index (κ3) is 5.04. The summed E-state index contributed by atoms with van der Waals surface area (Å²) in [7, 11) is -3.85. The first-order chi connectivity index (χ1) is 11.7. The van der Waals surface area contributed by atoms with Crippen LogP contribution in [0.25, 0.3) is 0 Å². The normalized spacial score (nSPS) is 23.1. The number of sulfone groups is 1. The highest BCUT2D eigenvalue weighted by Crippen LogP contribution is 2.26. The van der Waals surface area contributed by atoms with Crippen molar-refractivity contribution in [3.8, 4) is 0 Å². The zero-order valence-corrected chi connectivity index (χ0v) is 15.1. The van der Waals surface area contributed by atoms with Crippen LogP contribution in [0.5, 0.6) is 0 Å². The average Bonchev–Trinajstić information content (AvgIpc) is 2.53. The van der Waals surface area contributed by atoms with Crippen molar-refractivity contribution >= 4 is 33.4 Å². The Hall–Kier alpha value is -1.90. The molecule has 0 saturated carbocycles. The molecule has 1 aliphatic rings. The van der Waals surface area contributed by atoms with Crippen molar-refractivity contribution in [2.24, 2.45) is 0 Å². The summed E-state index contributed by atoms with van der Waals surface area (Å²) in [5.74, 6) is -1.12. The number of esters is 2. The summed E-state index contributed by atoms with van der Waals surface area (Å²) in [6.45, 7) is 2.18. The molecule has 0 saturated heterocycles. The van der Waals surface area contributed by atoms with Crippen LogP contribution in [0.15, 0.2) is 41.3 Å².